The van der Waals surface area contributed by atoms with Crippen LogP contribution in [0.3, 0.4) is 0 Å². The third-order valence-corrected chi connectivity index (χ3v) is 5.75. The number of aromatic amines is 1. The lowest BCUT2D eigenvalue weighted by molar-refractivity contribution is 0.0709. The zero-order valence-corrected chi connectivity index (χ0v) is 15.1. The van der Waals surface area contributed by atoms with Crippen molar-refractivity contribution in [1.29, 1.82) is 0 Å². The second-order valence-electron chi connectivity index (χ2n) is 6.42. The van der Waals surface area contributed by atoms with Gasteiger partial charge in [-0.15, -0.1) is 11.8 Å². The lowest BCUT2D eigenvalue weighted by Crippen LogP contribution is -2.38. The molecule has 0 spiro atoms. The molecule has 1 amide bonds. The van der Waals surface area contributed by atoms with E-state index in [1.54, 1.807) is 6.20 Å². The zero-order valence-electron chi connectivity index (χ0n) is 14.2. The van der Waals surface area contributed by atoms with Gasteiger partial charge in [0.25, 0.3) is 5.91 Å². The average molecular weight is 351 g/mol. The first-order valence-electron chi connectivity index (χ1n) is 8.62. The first-order chi connectivity index (χ1) is 12.3. The molecule has 0 radical (unpaired) electrons. The van der Waals surface area contributed by atoms with E-state index < -0.39 is 0 Å². The number of amides is 1. The quantitative estimate of drug-likeness (QED) is 0.716. The standard InChI is InChI=1S/C20H21N3OS/c1-25-19-16(6-4-10-21-19)20(24)23-11-8-14(9-12-23)17-13-22-18-7-3-2-5-15(17)18/h2-7,10,13-14,22H,8-9,11-12H2,1H3. The number of hydrogen-bond acceptors (Lipinski definition) is 3. The largest absolute Gasteiger partial charge is 0.361 e. The number of nitrogens with zero attached hydrogens (tertiary/aromatic N) is 2. The van der Waals surface area contributed by atoms with Crippen molar-refractivity contribution >= 4 is 28.6 Å². The molecule has 1 fully saturated rings. The van der Waals surface area contributed by atoms with Gasteiger partial charge in [0.15, 0.2) is 0 Å². The van der Waals surface area contributed by atoms with E-state index in [1.165, 1.54) is 28.2 Å². The molecule has 4 rings (SSSR count). The van der Waals surface area contributed by atoms with E-state index in [2.05, 4.69) is 40.4 Å². The minimum absolute atomic E-state index is 0.106. The summed E-state index contributed by atoms with van der Waals surface area (Å²) in [6.45, 7) is 1.59. The van der Waals surface area contributed by atoms with E-state index in [1.807, 2.05) is 23.3 Å². The summed E-state index contributed by atoms with van der Waals surface area (Å²) in [5.74, 6) is 0.615. The molecule has 0 bridgehead atoms. The molecule has 3 aromatic rings. The number of carbonyl (C=O) groups excluding carboxylic acids is 1. The number of rotatable bonds is 3. The number of thioether (sulfide) groups is 1. The van der Waals surface area contributed by atoms with Gasteiger partial charge in [-0.3, -0.25) is 4.79 Å². The highest BCUT2D eigenvalue weighted by molar-refractivity contribution is 7.98. The second-order valence-corrected chi connectivity index (χ2v) is 7.21. The van der Waals surface area contributed by atoms with E-state index in [9.17, 15) is 4.79 Å². The third kappa shape index (κ3) is 3.04. The van der Waals surface area contributed by atoms with Crippen LogP contribution in [0.1, 0.15) is 34.7 Å². The summed E-state index contributed by atoms with van der Waals surface area (Å²) in [5.41, 5.74) is 3.30. The molecule has 128 valence electrons. The smallest absolute Gasteiger partial charge is 0.256 e. The molecule has 0 atom stereocenters. The van der Waals surface area contributed by atoms with Gasteiger partial charge < -0.3 is 9.88 Å². The lowest BCUT2D eigenvalue weighted by Gasteiger charge is -2.32. The molecular formula is C20H21N3OS. The summed E-state index contributed by atoms with van der Waals surface area (Å²) >= 11 is 1.52. The fourth-order valence-corrected chi connectivity index (χ4v) is 4.25. The predicted octanol–water partition coefficient (Wildman–Crippen LogP) is 4.30. The van der Waals surface area contributed by atoms with E-state index in [4.69, 9.17) is 0 Å². The number of carbonyl (C=O) groups is 1. The van der Waals surface area contributed by atoms with Gasteiger partial charge in [0.05, 0.1) is 5.56 Å². The van der Waals surface area contributed by atoms with Crippen LogP contribution < -0.4 is 0 Å². The number of H-pyrrole nitrogens is 1. The molecule has 1 aromatic carbocycles. The van der Waals surface area contributed by atoms with Gasteiger partial charge in [0.2, 0.25) is 0 Å². The Morgan fingerprint density at radius 3 is 2.80 bits per heavy atom. The van der Waals surface area contributed by atoms with E-state index in [-0.39, 0.29) is 5.91 Å². The zero-order chi connectivity index (χ0) is 17.2. The summed E-state index contributed by atoms with van der Waals surface area (Å²) < 4.78 is 0. The van der Waals surface area contributed by atoms with E-state index >= 15 is 0 Å². The van der Waals surface area contributed by atoms with Crippen LogP contribution in [0.5, 0.6) is 0 Å². The van der Waals surface area contributed by atoms with Crippen molar-refractivity contribution in [3.63, 3.8) is 0 Å². The van der Waals surface area contributed by atoms with Crippen LogP contribution >= 0.6 is 11.8 Å². The van der Waals surface area contributed by atoms with Gasteiger partial charge in [0, 0.05) is 36.4 Å². The molecule has 0 unspecified atom stereocenters. The molecule has 2 aromatic heterocycles. The van der Waals surface area contributed by atoms with Crippen LogP contribution in [0, 0.1) is 0 Å². The minimum Gasteiger partial charge on any atom is -0.361 e. The number of hydrogen-bond donors (Lipinski definition) is 1. The molecule has 3 heterocycles. The van der Waals surface area contributed by atoms with Crippen molar-refractivity contribution in [1.82, 2.24) is 14.9 Å². The van der Waals surface area contributed by atoms with Gasteiger partial charge in [-0.05, 0) is 48.8 Å². The Hall–Kier alpha value is -2.27. The van der Waals surface area contributed by atoms with E-state index in [0.717, 1.165) is 36.5 Å². The number of fused-ring (bicyclic) bond motifs is 1. The van der Waals surface area contributed by atoms with E-state index in [0.29, 0.717) is 5.92 Å². The molecule has 0 saturated carbocycles. The summed E-state index contributed by atoms with van der Waals surface area (Å²) in [6.07, 6.45) is 7.85. The normalized spacial score (nSPS) is 15.6. The van der Waals surface area contributed by atoms with Crippen LogP contribution in [-0.4, -0.2) is 40.1 Å². The molecule has 25 heavy (non-hydrogen) atoms. The van der Waals surface area contributed by atoms with Gasteiger partial charge in [-0.2, -0.15) is 0 Å². The molecule has 0 aliphatic carbocycles. The molecule has 1 N–H and O–H groups in total. The average Bonchev–Trinajstić information content (AvgIpc) is 3.11. The molecule has 1 saturated heterocycles. The van der Waals surface area contributed by atoms with Crippen molar-refractivity contribution in [2.24, 2.45) is 0 Å². The summed E-state index contributed by atoms with van der Waals surface area (Å²) in [5, 5.41) is 2.12. The maximum atomic E-state index is 12.9. The fourth-order valence-electron chi connectivity index (χ4n) is 3.71. The highest BCUT2D eigenvalue weighted by Crippen LogP contribution is 2.33. The van der Waals surface area contributed by atoms with Crippen molar-refractivity contribution in [3.8, 4) is 0 Å². The number of pyridine rings is 1. The molecule has 1 aliphatic rings. The van der Waals surface area contributed by atoms with Gasteiger partial charge in [-0.1, -0.05) is 18.2 Å². The Labute approximate surface area is 151 Å². The first-order valence-corrected chi connectivity index (χ1v) is 9.84. The Balaban J connectivity index is 1.49. The van der Waals surface area contributed by atoms with Crippen molar-refractivity contribution in [2.45, 2.75) is 23.8 Å². The molecule has 1 aliphatic heterocycles. The molecular weight excluding hydrogens is 330 g/mol. The minimum atomic E-state index is 0.106. The Kier molecular flexibility index (Phi) is 4.49. The number of likely N-dealkylation sites (tertiary alicyclic amines) is 1. The second kappa shape index (κ2) is 6.92. The van der Waals surface area contributed by atoms with Crippen LogP contribution in [0.4, 0.5) is 0 Å². The number of benzene rings is 1. The lowest BCUT2D eigenvalue weighted by atomic mass is 9.89. The highest BCUT2D eigenvalue weighted by Gasteiger charge is 2.27. The first kappa shape index (κ1) is 16.2. The van der Waals surface area contributed by atoms with Crippen LogP contribution in [0.15, 0.2) is 53.8 Å². The van der Waals surface area contributed by atoms with Crippen molar-refractivity contribution in [3.05, 3.63) is 59.9 Å². The predicted molar refractivity (Wildman–Crippen MR) is 102 cm³/mol. The maximum Gasteiger partial charge on any atom is 0.256 e. The van der Waals surface area contributed by atoms with Crippen molar-refractivity contribution in [2.75, 3.05) is 19.3 Å². The molecule has 5 heteroatoms. The van der Waals surface area contributed by atoms with Gasteiger partial charge in [-0.25, -0.2) is 4.98 Å². The number of aromatic nitrogens is 2. The van der Waals surface area contributed by atoms with Gasteiger partial charge >= 0.3 is 0 Å². The van der Waals surface area contributed by atoms with Gasteiger partial charge in [0.1, 0.15) is 5.03 Å². The third-order valence-electron chi connectivity index (χ3n) is 5.04. The van der Waals surface area contributed by atoms with Crippen LogP contribution in [-0.2, 0) is 0 Å². The van der Waals surface area contributed by atoms with Crippen LogP contribution in [0.2, 0.25) is 0 Å². The number of para-hydroxylation sites is 1. The number of nitrogens with one attached hydrogen (secondary N) is 1. The summed E-state index contributed by atoms with van der Waals surface area (Å²) in [7, 11) is 0. The van der Waals surface area contributed by atoms with Crippen molar-refractivity contribution < 1.29 is 4.79 Å². The summed E-state index contributed by atoms with van der Waals surface area (Å²) in [6, 6.07) is 12.2. The monoisotopic (exact) mass is 351 g/mol. The number of piperidine rings is 1. The molecule has 4 nitrogen and oxygen atoms in total. The summed E-state index contributed by atoms with van der Waals surface area (Å²) in [4.78, 5) is 22.5. The Morgan fingerprint density at radius 2 is 2.00 bits per heavy atom. The maximum absolute atomic E-state index is 12.9. The SMILES string of the molecule is CSc1ncccc1C(=O)N1CCC(c2c[nH]c3ccccc23)CC1. The highest BCUT2D eigenvalue weighted by atomic mass is 32.2. The topological polar surface area (TPSA) is 49.0 Å². The Bertz CT molecular complexity index is 897. The van der Waals surface area contributed by atoms with Crippen LogP contribution in [0.25, 0.3) is 10.9 Å². The fraction of sp³-hybridized carbons (Fsp3) is 0.300. The Morgan fingerprint density at radius 1 is 1.20 bits per heavy atom.